The molecule has 6 rings (SSSR count). The maximum atomic E-state index is 2.52. The molecule has 0 amide bonds. The molecule has 0 aliphatic heterocycles. The molecule has 0 nitrogen and oxygen atoms in total. The Bertz CT molecular complexity index is 1390. The fourth-order valence-corrected chi connectivity index (χ4v) is 7.34. The molecule has 124 valence electrons. The van der Waals surface area contributed by atoms with Gasteiger partial charge in [0.25, 0.3) is 0 Å². The molecule has 3 heteroatoms. The van der Waals surface area contributed by atoms with Crippen LogP contribution in [0, 0.1) is 10.5 Å². The first kappa shape index (κ1) is 15.4. The maximum absolute atomic E-state index is 2.52. The van der Waals surface area contributed by atoms with Gasteiger partial charge < -0.3 is 0 Å². The molecule has 0 fully saturated rings. The van der Waals surface area contributed by atoms with Crippen LogP contribution in [0.5, 0.6) is 0 Å². The Morgan fingerprint density at radius 1 is 0.654 bits per heavy atom. The van der Waals surface area contributed by atoms with Crippen LogP contribution in [0.15, 0.2) is 60.7 Å². The number of rotatable bonds is 0. The molecule has 0 spiro atoms. The molecular weight excluding hydrogens is 467 g/mol. The third kappa shape index (κ3) is 1.94. The van der Waals surface area contributed by atoms with Crippen molar-refractivity contribution in [3.8, 4) is 0 Å². The van der Waals surface area contributed by atoms with Gasteiger partial charge in [-0.25, -0.2) is 0 Å². The van der Waals surface area contributed by atoms with Crippen molar-refractivity contribution in [1.29, 1.82) is 0 Å². The zero-order valence-corrected chi connectivity index (χ0v) is 17.8. The van der Waals surface area contributed by atoms with E-state index in [9.17, 15) is 0 Å². The van der Waals surface area contributed by atoms with Crippen LogP contribution in [0.4, 0.5) is 0 Å². The minimum absolute atomic E-state index is 1.35. The zero-order chi connectivity index (χ0) is 17.4. The van der Waals surface area contributed by atoms with E-state index in [0.29, 0.717) is 0 Å². The Morgan fingerprint density at radius 3 is 1.88 bits per heavy atom. The summed E-state index contributed by atoms with van der Waals surface area (Å²) in [5.41, 5.74) is 1.38. The lowest BCUT2D eigenvalue weighted by molar-refractivity contribution is 1.59. The number of hydrogen-bond donors (Lipinski definition) is 0. The lowest BCUT2D eigenvalue weighted by Crippen LogP contribution is -1.83. The quantitative estimate of drug-likeness (QED) is 0.191. The maximum Gasteiger partial charge on any atom is 0.0495 e. The lowest BCUT2D eigenvalue weighted by atomic mass is 9.97. The molecule has 2 heterocycles. The molecule has 0 atom stereocenters. The van der Waals surface area contributed by atoms with Gasteiger partial charge >= 0.3 is 0 Å². The number of benzene rings is 4. The van der Waals surface area contributed by atoms with Crippen molar-refractivity contribution in [2.45, 2.75) is 6.92 Å². The number of halogens is 1. The van der Waals surface area contributed by atoms with Crippen LogP contribution in [0.3, 0.4) is 0 Å². The first-order valence-electron chi connectivity index (χ1n) is 8.56. The average Bonchev–Trinajstić information content (AvgIpc) is 3.23. The van der Waals surface area contributed by atoms with Crippen LogP contribution in [0.2, 0.25) is 0 Å². The normalized spacial score (nSPS) is 12.2. The number of hydrogen-bond acceptors (Lipinski definition) is 2. The summed E-state index contributed by atoms with van der Waals surface area (Å²) in [4.78, 5) is 0. The van der Waals surface area contributed by atoms with Crippen LogP contribution in [-0.4, -0.2) is 0 Å². The van der Waals surface area contributed by atoms with E-state index in [1.54, 1.807) is 0 Å². The van der Waals surface area contributed by atoms with Gasteiger partial charge in [-0.15, -0.1) is 22.7 Å². The second kappa shape index (κ2) is 5.41. The molecule has 0 aliphatic rings. The van der Waals surface area contributed by atoms with Crippen molar-refractivity contribution in [2.75, 3.05) is 0 Å². The van der Waals surface area contributed by atoms with Gasteiger partial charge in [-0.2, -0.15) is 0 Å². The largest absolute Gasteiger partial charge is 0.135 e. The molecule has 6 aromatic rings. The lowest BCUT2D eigenvalue weighted by Gasteiger charge is -2.08. The third-order valence-electron chi connectivity index (χ3n) is 5.23. The molecule has 0 bridgehead atoms. The molecule has 0 saturated heterocycles. The number of thiophene rings is 2. The van der Waals surface area contributed by atoms with Gasteiger partial charge in [0.1, 0.15) is 0 Å². The van der Waals surface area contributed by atoms with Gasteiger partial charge in [-0.1, -0.05) is 36.4 Å². The van der Waals surface area contributed by atoms with E-state index in [-0.39, 0.29) is 0 Å². The second-order valence-corrected chi connectivity index (χ2v) is 10.0. The molecule has 4 aromatic carbocycles. The van der Waals surface area contributed by atoms with E-state index in [4.69, 9.17) is 0 Å². The fraction of sp³-hybridized carbons (Fsp3) is 0.0435. The van der Waals surface area contributed by atoms with E-state index in [2.05, 4.69) is 90.2 Å². The predicted octanol–water partition coefficient (Wildman–Crippen LogP) is 8.49. The fourth-order valence-electron chi connectivity index (χ4n) is 4.12. The van der Waals surface area contributed by atoms with Crippen molar-refractivity contribution >= 4 is 96.4 Å². The summed E-state index contributed by atoms with van der Waals surface area (Å²) in [5.74, 6) is 0. The van der Waals surface area contributed by atoms with Crippen molar-refractivity contribution in [1.82, 2.24) is 0 Å². The van der Waals surface area contributed by atoms with Gasteiger partial charge in [0.05, 0.1) is 0 Å². The topological polar surface area (TPSA) is 0 Å². The zero-order valence-electron chi connectivity index (χ0n) is 14.0. The van der Waals surface area contributed by atoms with Crippen LogP contribution < -0.4 is 0 Å². The highest BCUT2D eigenvalue weighted by atomic mass is 127. The minimum Gasteiger partial charge on any atom is -0.135 e. The minimum atomic E-state index is 1.35. The standard InChI is InChI=1S/C23H13IS2/c1-12-10-15-16(20-13-6-2-4-8-18(13)25-22(12)20)11-17(24)23-21(15)14-7-3-5-9-19(14)26-23/h2-11H,1H3. The summed E-state index contributed by atoms with van der Waals surface area (Å²) in [5, 5.41) is 8.41. The Morgan fingerprint density at radius 2 is 1.19 bits per heavy atom. The molecule has 2 aromatic heterocycles. The molecule has 0 aliphatic carbocycles. The highest BCUT2D eigenvalue weighted by Gasteiger charge is 2.17. The van der Waals surface area contributed by atoms with E-state index in [0.717, 1.165) is 0 Å². The van der Waals surface area contributed by atoms with Crippen LogP contribution in [0.1, 0.15) is 5.56 Å². The number of aryl methyl sites for hydroxylation is 1. The SMILES string of the molecule is Cc1cc2c(cc(I)c3sc4ccccc4c32)c2c1sc1ccccc12. The Kier molecular flexibility index (Phi) is 3.20. The Hall–Kier alpha value is -1.69. The van der Waals surface area contributed by atoms with E-state index < -0.39 is 0 Å². The van der Waals surface area contributed by atoms with E-state index >= 15 is 0 Å². The Labute approximate surface area is 172 Å². The molecule has 26 heavy (non-hydrogen) atoms. The Balaban J connectivity index is 1.99. The average molecular weight is 480 g/mol. The van der Waals surface area contributed by atoms with E-state index in [1.807, 2.05) is 22.7 Å². The first-order valence-corrected chi connectivity index (χ1v) is 11.3. The van der Waals surface area contributed by atoms with Gasteiger partial charge in [-0.05, 0) is 70.1 Å². The van der Waals surface area contributed by atoms with E-state index in [1.165, 1.54) is 60.3 Å². The molecule has 0 saturated carbocycles. The van der Waals surface area contributed by atoms with Crippen molar-refractivity contribution in [3.05, 3.63) is 69.8 Å². The molecule has 0 N–H and O–H groups in total. The van der Waals surface area contributed by atoms with Gasteiger partial charge in [-0.3, -0.25) is 0 Å². The summed E-state index contributed by atoms with van der Waals surface area (Å²) in [6.45, 7) is 2.26. The van der Waals surface area contributed by atoms with Crippen LogP contribution in [-0.2, 0) is 0 Å². The van der Waals surface area contributed by atoms with Crippen LogP contribution in [0.25, 0.3) is 51.1 Å². The summed E-state index contributed by atoms with van der Waals surface area (Å²) < 4.78 is 6.95. The summed E-state index contributed by atoms with van der Waals surface area (Å²) in [7, 11) is 0. The summed E-state index contributed by atoms with van der Waals surface area (Å²) in [6.07, 6.45) is 0. The monoisotopic (exact) mass is 480 g/mol. The van der Waals surface area contributed by atoms with Gasteiger partial charge in [0.15, 0.2) is 0 Å². The van der Waals surface area contributed by atoms with Crippen LogP contribution >= 0.6 is 45.3 Å². The van der Waals surface area contributed by atoms with Crippen molar-refractivity contribution < 1.29 is 0 Å². The molecular formula is C23H13IS2. The summed E-state index contributed by atoms with van der Waals surface area (Å²) in [6, 6.07) is 22.4. The molecule has 0 radical (unpaired) electrons. The van der Waals surface area contributed by atoms with Gasteiger partial charge in [0, 0.05) is 43.9 Å². The van der Waals surface area contributed by atoms with Gasteiger partial charge in [0.2, 0.25) is 0 Å². The second-order valence-electron chi connectivity index (χ2n) is 6.75. The predicted molar refractivity (Wildman–Crippen MR) is 127 cm³/mol. The van der Waals surface area contributed by atoms with Crippen molar-refractivity contribution in [3.63, 3.8) is 0 Å². The highest BCUT2D eigenvalue weighted by molar-refractivity contribution is 14.1. The van der Waals surface area contributed by atoms with Crippen molar-refractivity contribution in [2.24, 2.45) is 0 Å². The first-order chi connectivity index (χ1) is 12.7. The smallest absolute Gasteiger partial charge is 0.0495 e. The highest BCUT2D eigenvalue weighted by Crippen LogP contribution is 2.46. The summed E-state index contributed by atoms with van der Waals surface area (Å²) >= 11 is 6.35. The number of fused-ring (bicyclic) bond motifs is 9. The molecule has 0 unspecified atom stereocenters. The third-order valence-corrected chi connectivity index (χ3v) is 8.95.